The van der Waals surface area contributed by atoms with Crippen LogP contribution in [0.25, 0.3) is 0 Å². The second-order valence-corrected chi connectivity index (χ2v) is 10.2. The van der Waals surface area contributed by atoms with E-state index in [0.717, 1.165) is 11.1 Å². The van der Waals surface area contributed by atoms with E-state index in [1.54, 1.807) is 26.0 Å². The summed E-state index contributed by atoms with van der Waals surface area (Å²) in [7, 11) is 1.97. The van der Waals surface area contributed by atoms with Gasteiger partial charge in [0.05, 0.1) is 23.7 Å². The highest BCUT2D eigenvalue weighted by Gasteiger charge is 2.72. The predicted molar refractivity (Wildman–Crippen MR) is 120 cm³/mol. The molecule has 2 heterocycles. The zero-order valence-corrected chi connectivity index (χ0v) is 19.9. The summed E-state index contributed by atoms with van der Waals surface area (Å²) >= 11 is 0. The fraction of sp³-hybridized carbons (Fsp3) is 0.600. The number of benzene rings is 1. The van der Waals surface area contributed by atoms with Crippen molar-refractivity contribution in [1.82, 2.24) is 4.90 Å². The topological polar surface area (TPSA) is 146 Å². The van der Waals surface area contributed by atoms with Crippen LogP contribution in [-0.4, -0.2) is 86.9 Å². The first-order chi connectivity index (χ1) is 16.5. The van der Waals surface area contributed by atoms with Gasteiger partial charge in [-0.05, 0) is 51.9 Å². The summed E-state index contributed by atoms with van der Waals surface area (Å²) in [6.45, 7) is 3.57. The maximum absolute atomic E-state index is 12.7. The van der Waals surface area contributed by atoms with E-state index < -0.39 is 47.4 Å². The Bertz CT molecular complexity index is 1100. The van der Waals surface area contributed by atoms with Gasteiger partial charge in [0.25, 0.3) is 0 Å². The molecule has 0 amide bonds. The second kappa shape index (κ2) is 8.28. The van der Waals surface area contributed by atoms with Crippen LogP contribution in [0.2, 0.25) is 0 Å². The number of esters is 2. The number of piperidine rings is 1. The molecule has 1 aromatic rings. The number of hydrogen-bond acceptors (Lipinski definition) is 10. The molecule has 5 rings (SSSR count). The smallest absolute Gasteiger partial charge is 0.343 e. The maximum atomic E-state index is 12.7. The van der Waals surface area contributed by atoms with Crippen LogP contribution < -0.4 is 4.74 Å². The molecule has 1 spiro atoms. The minimum atomic E-state index is -2.16. The van der Waals surface area contributed by atoms with Crippen molar-refractivity contribution >= 4 is 11.9 Å². The molecule has 1 aromatic carbocycles. The van der Waals surface area contributed by atoms with Crippen LogP contribution in [0.15, 0.2) is 24.0 Å². The molecule has 2 aliphatic heterocycles. The molecule has 10 heteroatoms. The molecule has 1 fully saturated rings. The number of ether oxygens (including phenoxy) is 3. The largest absolute Gasteiger partial charge is 0.481 e. The van der Waals surface area contributed by atoms with Gasteiger partial charge in [0.1, 0.15) is 11.5 Å². The van der Waals surface area contributed by atoms with Crippen LogP contribution in [0.4, 0.5) is 0 Å². The highest BCUT2D eigenvalue weighted by atomic mass is 16.6. The number of hydrogen-bond donors (Lipinski definition) is 4. The number of nitrogens with zero attached hydrogens (tertiary/aromatic N) is 1. The first kappa shape index (κ1) is 24.2. The number of rotatable bonds is 6. The van der Waals surface area contributed by atoms with Crippen LogP contribution in [0.3, 0.4) is 0 Å². The van der Waals surface area contributed by atoms with E-state index in [0.29, 0.717) is 30.7 Å². The van der Waals surface area contributed by atoms with E-state index in [1.165, 1.54) is 0 Å². The van der Waals surface area contributed by atoms with Crippen molar-refractivity contribution in [3.8, 4) is 5.75 Å². The van der Waals surface area contributed by atoms with Crippen molar-refractivity contribution in [3.63, 3.8) is 0 Å². The van der Waals surface area contributed by atoms with E-state index in [-0.39, 0.29) is 24.8 Å². The Kier molecular flexibility index (Phi) is 5.72. The molecular formula is C25H31NO9. The summed E-state index contributed by atoms with van der Waals surface area (Å²) in [5.74, 6) is -1.78. The number of aliphatic hydroxyl groups is 4. The summed E-state index contributed by atoms with van der Waals surface area (Å²) < 4.78 is 16.7. The molecule has 6 atom stereocenters. The lowest BCUT2D eigenvalue weighted by Crippen LogP contribution is -2.74. The number of carbonyl (C=O) groups is 2. The monoisotopic (exact) mass is 489 g/mol. The first-order valence-electron chi connectivity index (χ1n) is 11.9. The van der Waals surface area contributed by atoms with Gasteiger partial charge < -0.3 is 39.5 Å². The lowest BCUT2D eigenvalue weighted by atomic mass is 9.50. The van der Waals surface area contributed by atoms with Crippen molar-refractivity contribution in [2.75, 3.05) is 13.6 Å². The average Bonchev–Trinajstić information content (AvgIpc) is 3.17. The number of likely N-dealkylation sites (N-methyl/N-ethyl adjacent to an activating group) is 1. The van der Waals surface area contributed by atoms with E-state index in [9.17, 15) is 30.0 Å². The van der Waals surface area contributed by atoms with Crippen molar-refractivity contribution in [2.24, 2.45) is 0 Å². The van der Waals surface area contributed by atoms with Crippen LogP contribution in [0, 0.1) is 0 Å². The summed E-state index contributed by atoms with van der Waals surface area (Å²) in [6.07, 6.45) is -2.79. The van der Waals surface area contributed by atoms with Crippen LogP contribution in [-0.2, 0) is 37.5 Å². The van der Waals surface area contributed by atoms with Gasteiger partial charge in [-0.25, -0.2) is 9.59 Å². The molecule has 10 nitrogen and oxygen atoms in total. The molecule has 1 saturated heterocycles. The van der Waals surface area contributed by atoms with E-state index in [2.05, 4.69) is 4.90 Å². The summed E-state index contributed by atoms with van der Waals surface area (Å²) in [6, 6.07) is 3.57. The Hall–Kier alpha value is -2.50. The van der Waals surface area contributed by atoms with E-state index in [1.807, 2.05) is 13.1 Å². The van der Waals surface area contributed by atoms with Gasteiger partial charge in [-0.2, -0.15) is 0 Å². The van der Waals surface area contributed by atoms with Gasteiger partial charge in [0, 0.05) is 23.6 Å². The fourth-order valence-electron chi connectivity index (χ4n) is 6.37. The van der Waals surface area contributed by atoms with Gasteiger partial charge in [0.2, 0.25) is 0 Å². The number of likely N-dealkylation sites (tertiary alicyclic amines) is 1. The Morgan fingerprint density at radius 2 is 1.94 bits per heavy atom. The zero-order chi connectivity index (χ0) is 25.3. The lowest BCUT2D eigenvalue weighted by molar-refractivity contribution is -0.180. The molecule has 4 aliphatic rings. The molecule has 0 saturated carbocycles. The molecule has 4 N–H and O–H groups in total. The molecule has 190 valence electrons. The number of aliphatic hydroxyl groups excluding tert-OH is 3. The Labute approximate surface area is 202 Å². The van der Waals surface area contributed by atoms with Gasteiger partial charge >= 0.3 is 11.9 Å². The predicted octanol–water partition coefficient (Wildman–Crippen LogP) is -0.327. The van der Waals surface area contributed by atoms with Crippen LogP contribution >= 0.6 is 0 Å². The Morgan fingerprint density at radius 1 is 1.23 bits per heavy atom. The lowest BCUT2D eigenvalue weighted by Gasteiger charge is -2.61. The van der Waals surface area contributed by atoms with Crippen LogP contribution in [0.5, 0.6) is 5.75 Å². The van der Waals surface area contributed by atoms with Gasteiger partial charge in [-0.1, -0.05) is 12.1 Å². The molecule has 2 aliphatic carbocycles. The zero-order valence-electron chi connectivity index (χ0n) is 19.9. The summed E-state index contributed by atoms with van der Waals surface area (Å²) in [5.41, 5.74) is 0.309. The number of carbonyl (C=O) groups excluding carboxylic acids is 2. The third-order valence-corrected chi connectivity index (χ3v) is 7.98. The highest BCUT2D eigenvalue weighted by Crippen LogP contribution is 2.64. The molecule has 0 aromatic heterocycles. The average molecular weight is 490 g/mol. The molecule has 2 bridgehead atoms. The fourth-order valence-corrected chi connectivity index (χ4v) is 6.37. The molecule has 0 radical (unpaired) electrons. The Morgan fingerprint density at radius 3 is 2.63 bits per heavy atom. The van der Waals surface area contributed by atoms with Crippen molar-refractivity contribution < 1.29 is 44.2 Å². The van der Waals surface area contributed by atoms with Gasteiger partial charge in [-0.3, -0.25) is 0 Å². The molecule has 2 unspecified atom stereocenters. The summed E-state index contributed by atoms with van der Waals surface area (Å²) in [5, 5.41) is 42.4. The van der Waals surface area contributed by atoms with E-state index >= 15 is 0 Å². The second-order valence-electron chi connectivity index (χ2n) is 10.2. The first-order valence-corrected chi connectivity index (χ1v) is 11.9. The molecular weight excluding hydrogens is 458 g/mol. The normalized spacial score (nSPS) is 32.3. The molecule has 35 heavy (non-hydrogen) atoms. The SMILES string of the molecule is CC(C)OC(=O)[C@@H](O)[C@H](O)C(=O)OC1=CC[C@@]2(O)[C@H]3Cc4ccc(CO)c5c4C2(CCN3C)C1O5. The van der Waals surface area contributed by atoms with Crippen LogP contribution in [0.1, 0.15) is 43.4 Å². The third kappa shape index (κ3) is 3.27. The van der Waals surface area contributed by atoms with Gasteiger partial charge in [0.15, 0.2) is 18.3 Å². The van der Waals surface area contributed by atoms with Crippen molar-refractivity contribution in [3.05, 3.63) is 40.7 Å². The minimum absolute atomic E-state index is 0.0967. The van der Waals surface area contributed by atoms with Crippen molar-refractivity contribution in [1.29, 1.82) is 0 Å². The quantitative estimate of drug-likeness (QED) is 0.392. The third-order valence-electron chi connectivity index (χ3n) is 7.98. The minimum Gasteiger partial charge on any atom is -0.481 e. The van der Waals surface area contributed by atoms with Gasteiger partial charge in [-0.15, -0.1) is 0 Å². The highest BCUT2D eigenvalue weighted by molar-refractivity contribution is 5.86. The standard InChI is InChI=1S/C25H31NO9/c1-12(2)33-22(30)18(28)19(29)23(31)34-15-6-7-25(32)16-10-13-4-5-14(11-27)20-17(13)24(25,21(15)35-20)8-9-26(16)3/h4-6,12,16,18-19,21,27-29,32H,7-11H2,1-3H3/t16-,18+,19+,21?,24?,25-/m1/s1. The maximum Gasteiger partial charge on any atom is 0.343 e. The van der Waals surface area contributed by atoms with E-state index in [4.69, 9.17) is 14.2 Å². The summed E-state index contributed by atoms with van der Waals surface area (Å²) in [4.78, 5) is 26.8. The Balaban J connectivity index is 1.50. The van der Waals surface area contributed by atoms with Crippen molar-refractivity contribution in [2.45, 2.75) is 81.2 Å².